The van der Waals surface area contributed by atoms with Crippen LogP contribution in [0.4, 0.5) is 0 Å². The molecule has 0 spiro atoms. The standard InChI is InChI=1S/C11H14N2OS/c12-11(15)10-9(2-1-5-13-10)7-14-6-8-3-4-8/h1-2,5,8H,3-4,6-7H2,(H2,12,15). The molecule has 0 amide bonds. The zero-order chi connectivity index (χ0) is 10.7. The van der Waals surface area contributed by atoms with Gasteiger partial charge in [0.1, 0.15) is 10.7 Å². The first-order valence-corrected chi connectivity index (χ1v) is 5.49. The SMILES string of the molecule is NC(=S)c1ncccc1COCC1CC1. The lowest BCUT2D eigenvalue weighted by Gasteiger charge is -2.07. The van der Waals surface area contributed by atoms with Crippen molar-refractivity contribution in [1.29, 1.82) is 0 Å². The molecule has 1 saturated carbocycles. The van der Waals surface area contributed by atoms with E-state index in [0.29, 0.717) is 17.3 Å². The Morgan fingerprint density at radius 1 is 1.60 bits per heavy atom. The fourth-order valence-corrected chi connectivity index (χ4v) is 1.58. The molecule has 1 fully saturated rings. The second-order valence-electron chi connectivity index (χ2n) is 3.83. The Morgan fingerprint density at radius 2 is 2.40 bits per heavy atom. The molecule has 4 heteroatoms. The second kappa shape index (κ2) is 4.68. The first kappa shape index (κ1) is 10.5. The number of rotatable bonds is 5. The summed E-state index contributed by atoms with van der Waals surface area (Å²) in [6.07, 6.45) is 4.29. The minimum absolute atomic E-state index is 0.334. The van der Waals surface area contributed by atoms with Gasteiger partial charge in [0.2, 0.25) is 0 Å². The van der Waals surface area contributed by atoms with Crippen molar-refractivity contribution >= 4 is 17.2 Å². The molecule has 0 aromatic carbocycles. The first-order valence-electron chi connectivity index (χ1n) is 5.09. The van der Waals surface area contributed by atoms with Gasteiger partial charge in [-0.15, -0.1) is 0 Å². The highest BCUT2D eigenvalue weighted by Gasteiger charge is 2.21. The summed E-state index contributed by atoms with van der Waals surface area (Å²) in [5.74, 6) is 0.773. The highest BCUT2D eigenvalue weighted by atomic mass is 32.1. The van der Waals surface area contributed by atoms with Gasteiger partial charge in [0.25, 0.3) is 0 Å². The Balaban J connectivity index is 1.95. The predicted octanol–water partition coefficient (Wildman–Crippen LogP) is 1.64. The first-order chi connectivity index (χ1) is 7.27. The predicted molar refractivity (Wildman–Crippen MR) is 62.5 cm³/mol. The lowest BCUT2D eigenvalue weighted by Crippen LogP contribution is -2.15. The monoisotopic (exact) mass is 222 g/mol. The number of thiocarbonyl (C=S) groups is 1. The summed E-state index contributed by atoms with van der Waals surface area (Å²) >= 11 is 4.92. The molecular weight excluding hydrogens is 208 g/mol. The quantitative estimate of drug-likeness (QED) is 0.769. The van der Waals surface area contributed by atoms with Gasteiger partial charge in [-0.1, -0.05) is 18.3 Å². The molecule has 1 aliphatic carbocycles. The number of nitrogens with zero attached hydrogens (tertiary/aromatic N) is 1. The maximum absolute atomic E-state index is 5.58. The molecule has 1 aromatic rings. The lowest BCUT2D eigenvalue weighted by atomic mass is 10.2. The van der Waals surface area contributed by atoms with Crippen molar-refractivity contribution in [2.24, 2.45) is 11.7 Å². The Kier molecular flexibility index (Phi) is 3.28. The van der Waals surface area contributed by atoms with Crippen molar-refractivity contribution in [3.05, 3.63) is 29.6 Å². The van der Waals surface area contributed by atoms with Crippen LogP contribution in [0.1, 0.15) is 24.1 Å². The summed E-state index contributed by atoms with van der Waals surface area (Å²) in [4.78, 5) is 4.48. The molecule has 2 N–H and O–H groups in total. The van der Waals surface area contributed by atoms with Crippen LogP contribution in [0.3, 0.4) is 0 Å². The van der Waals surface area contributed by atoms with Gasteiger partial charge in [0.15, 0.2) is 0 Å². The van der Waals surface area contributed by atoms with Crippen LogP contribution in [-0.4, -0.2) is 16.6 Å². The molecule has 0 radical (unpaired) electrons. The van der Waals surface area contributed by atoms with E-state index in [-0.39, 0.29) is 0 Å². The molecule has 1 heterocycles. The van der Waals surface area contributed by atoms with Crippen molar-refractivity contribution in [2.45, 2.75) is 19.4 Å². The Morgan fingerprint density at radius 3 is 3.07 bits per heavy atom. The van der Waals surface area contributed by atoms with E-state index in [1.54, 1.807) is 6.20 Å². The van der Waals surface area contributed by atoms with E-state index in [1.165, 1.54) is 12.8 Å². The molecular formula is C11H14N2OS. The summed E-state index contributed by atoms with van der Waals surface area (Å²) < 4.78 is 5.58. The molecule has 1 aromatic heterocycles. The summed E-state index contributed by atoms with van der Waals surface area (Å²) in [6.45, 7) is 1.39. The fraction of sp³-hybridized carbons (Fsp3) is 0.455. The highest BCUT2D eigenvalue weighted by molar-refractivity contribution is 7.80. The van der Waals surface area contributed by atoms with E-state index < -0.39 is 0 Å². The van der Waals surface area contributed by atoms with Gasteiger partial charge < -0.3 is 10.5 Å². The average molecular weight is 222 g/mol. The van der Waals surface area contributed by atoms with E-state index in [1.807, 2.05) is 12.1 Å². The minimum Gasteiger partial charge on any atom is -0.388 e. The van der Waals surface area contributed by atoms with Crippen LogP contribution in [0.2, 0.25) is 0 Å². The van der Waals surface area contributed by atoms with Crippen molar-refractivity contribution in [1.82, 2.24) is 4.98 Å². The maximum Gasteiger partial charge on any atom is 0.123 e. The molecule has 0 atom stereocenters. The van der Waals surface area contributed by atoms with Gasteiger partial charge in [-0.05, 0) is 24.8 Å². The molecule has 0 aliphatic heterocycles. The smallest absolute Gasteiger partial charge is 0.123 e. The van der Waals surface area contributed by atoms with Gasteiger partial charge in [-0.25, -0.2) is 0 Å². The van der Waals surface area contributed by atoms with Crippen LogP contribution in [0.15, 0.2) is 18.3 Å². The molecule has 2 rings (SSSR count). The van der Waals surface area contributed by atoms with Crippen molar-refractivity contribution < 1.29 is 4.74 Å². The average Bonchev–Trinajstić information content (AvgIpc) is 3.02. The van der Waals surface area contributed by atoms with Crippen LogP contribution in [0.5, 0.6) is 0 Å². The number of aromatic nitrogens is 1. The fourth-order valence-electron chi connectivity index (χ4n) is 1.40. The Bertz CT molecular complexity index is 363. The van der Waals surface area contributed by atoms with E-state index in [9.17, 15) is 0 Å². The van der Waals surface area contributed by atoms with Gasteiger partial charge in [0, 0.05) is 18.4 Å². The van der Waals surface area contributed by atoms with Crippen LogP contribution < -0.4 is 5.73 Å². The third-order valence-electron chi connectivity index (χ3n) is 2.43. The Hall–Kier alpha value is -1.00. The molecule has 0 unspecified atom stereocenters. The van der Waals surface area contributed by atoms with Gasteiger partial charge in [-0.2, -0.15) is 0 Å². The number of pyridine rings is 1. The topological polar surface area (TPSA) is 48.1 Å². The largest absolute Gasteiger partial charge is 0.388 e. The summed E-state index contributed by atoms with van der Waals surface area (Å²) in [6, 6.07) is 3.83. The van der Waals surface area contributed by atoms with Crippen molar-refractivity contribution in [3.63, 3.8) is 0 Å². The van der Waals surface area contributed by atoms with Crippen LogP contribution in [0, 0.1) is 5.92 Å². The van der Waals surface area contributed by atoms with Crippen molar-refractivity contribution in [3.8, 4) is 0 Å². The van der Waals surface area contributed by atoms with Crippen LogP contribution >= 0.6 is 12.2 Å². The molecule has 0 saturated heterocycles. The van der Waals surface area contributed by atoms with Crippen LogP contribution in [0.25, 0.3) is 0 Å². The van der Waals surface area contributed by atoms with Crippen LogP contribution in [-0.2, 0) is 11.3 Å². The van der Waals surface area contributed by atoms with Gasteiger partial charge >= 0.3 is 0 Å². The zero-order valence-electron chi connectivity index (χ0n) is 8.48. The van der Waals surface area contributed by atoms with Gasteiger partial charge in [-0.3, -0.25) is 4.98 Å². The second-order valence-corrected chi connectivity index (χ2v) is 4.27. The molecule has 15 heavy (non-hydrogen) atoms. The number of hydrogen-bond donors (Lipinski definition) is 1. The zero-order valence-corrected chi connectivity index (χ0v) is 9.30. The van der Waals surface area contributed by atoms with E-state index in [2.05, 4.69) is 4.98 Å². The lowest BCUT2D eigenvalue weighted by molar-refractivity contribution is 0.111. The third kappa shape index (κ3) is 2.97. The Labute approximate surface area is 94.6 Å². The van der Waals surface area contributed by atoms with Gasteiger partial charge in [0.05, 0.1) is 6.61 Å². The third-order valence-corrected chi connectivity index (χ3v) is 2.63. The van der Waals surface area contributed by atoms with Crippen molar-refractivity contribution in [2.75, 3.05) is 6.61 Å². The highest BCUT2D eigenvalue weighted by Crippen LogP contribution is 2.29. The number of ether oxygens (including phenoxy) is 1. The van der Waals surface area contributed by atoms with E-state index >= 15 is 0 Å². The normalized spacial score (nSPS) is 15.2. The number of hydrogen-bond acceptors (Lipinski definition) is 3. The number of nitrogens with two attached hydrogens (primary N) is 1. The summed E-state index contributed by atoms with van der Waals surface area (Å²) in [5.41, 5.74) is 7.23. The minimum atomic E-state index is 0.334. The van der Waals surface area contributed by atoms with E-state index in [0.717, 1.165) is 18.1 Å². The summed E-state index contributed by atoms with van der Waals surface area (Å²) in [5, 5.41) is 0. The molecule has 1 aliphatic rings. The molecule has 0 bridgehead atoms. The molecule has 80 valence electrons. The molecule has 3 nitrogen and oxygen atoms in total. The van der Waals surface area contributed by atoms with E-state index in [4.69, 9.17) is 22.7 Å². The maximum atomic E-state index is 5.58. The summed E-state index contributed by atoms with van der Waals surface area (Å²) in [7, 11) is 0.